The molecule has 1 aromatic rings. The van der Waals surface area contributed by atoms with Crippen LogP contribution in [0.1, 0.15) is 25.1 Å². The van der Waals surface area contributed by atoms with Crippen molar-refractivity contribution in [2.24, 2.45) is 10.7 Å². The molecule has 0 aromatic carbocycles. The Morgan fingerprint density at radius 1 is 1.44 bits per heavy atom. The average Bonchev–Trinajstić information content (AvgIpc) is 2.98. The highest BCUT2D eigenvalue weighted by Crippen LogP contribution is 2.26. The van der Waals surface area contributed by atoms with Gasteiger partial charge in [0.25, 0.3) is 0 Å². The van der Waals surface area contributed by atoms with Gasteiger partial charge < -0.3 is 5.73 Å². The van der Waals surface area contributed by atoms with Crippen LogP contribution in [0.25, 0.3) is 5.57 Å². The van der Waals surface area contributed by atoms with E-state index in [-0.39, 0.29) is 0 Å². The highest BCUT2D eigenvalue weighted by molar-refractivity contribution is 6.04. The molecule has 0 saturated heterocycles. The van der Waals surface area contributed by atoms with Crippen LogP contribution >= 0.6 is 0 Å². The Hall–Kier alpha value is -2.24. The van der Waals surface area contributed by atoms with Gasteiger partial charge >= 0.3 is 0 Å². The summed E-state index contributed by atoms with van der Waals surface area (Å²) in [7, 11) is 0. The highest BCUT2D eigenvalue weighted by Gasteiger charge is 2.23. The number of hydrazine groups is 1. The van der Waals surface area contributed by atoms with Gasteiger partial charge in [-0.1, -0.05) is 0 Å². The van der Waals surface area contributed by atoms with Crippen LogP contribution in [0, 0.1) is 0 Å². The number of nitrogens with one attached hydrogen (secondary N) is 2. The minimum absolute atomic E-state index is 0.401. The third-order valence-electron chi connectivity index (χ3n) is 3.16. The molecule has 6 heteroatoms. The molecule has 0 spiro atoms. The van der Waals surface area contributed by atoms with Crippen molar-refractivity contribution in [2.75, 3.05) is 6.54 Å². The number of H-pyrrole nitrogens is 1. The van der Waals surface area contributed by atoms with Gasteiger partial charge in [-0.2, -0.15) is 5.10 Å². The normalized spacial score (nSPS) is 22.2. The van der Waals surface area contributed by atoms with Crippen molar-refractivity contribution in [1.82, 2.24) is 20.6 Å². The van der Waals surface area contributed by atoms with Gasteiger partial charge in [-0.05, 0) is 19.9 Å². The van der Waals surface area contributed by atoms with Crippen molar-refractivity contribution in [2.45, 2.75) is 19.9 Å². The molecule has 0 bridgehead atoms. The molecule has 2 aliphatic heterocycles. The van der Waals surface area contributed by atoms with E-state index in [0.29, 0.717) is 18.4 Å². The van der Waals surface area contributed by atoms with Gasteiger partial charge in [0.15, 0.2) is 0 Å². The summed E-state index contributed by atoms with van der Waals surface area (Å²) in [5.41, 5.74) is 13.2. The second-order valence-corrected chi connectivity index (χ2v) is 4.68. The van der Waals surface area contributed by atoms with Gasteiger partial charge in [-0.3, -0.25) is 20.5 Å². The summed E-state index contributed by atoms with van der Waals surface area (Å²) < 4.78 is 0. The van der Waals surface area contributed by atoms with Crippen LogP contribution in [0.2, 0.25) is 0 Å². The second-order valence-electron chi connectivity index (χ2n) is 4.68. The summed E-state index contributed by atoms with van der Waals surface area (Å²) in [5, 5.41) is 9.10. The van der Waals surface area contributed by atoms with Crippen LogP contribution in [0.15, 0.2) is 29.2 Å². The maximum absolute atomic E-state index is 5.85. The first-order valence-corrected chi connectivity index (χ1v) is 5.97. The number of nitrogens with zero attached hydrogens (tertiary/aromatic N) is 3. The van der Waals surface area contributed by atoms with Crippen LogP contribution in [0.5, 0.6) is 0 Å². The standard InChI is InChI=1S/C12H16N6/c1-7(2)18-4-3-10(17-18)8-5-14-12(13)9-6-15-16-11(8)9/h3-4,6-7,17H,5H2,1-2H3,(H2,13,14)(H,15,16). The number of aromatic nitrogens is 2. The van der Waals surface area contributed by atoms with E-state index >= 15 is 0 Å². The summed E-state index contributed by atoms with van der Waals surface area (Å²) in [6.07, 6.45) is 5.80. The van der Waals surface area contributed by atoms with E-state index in [2.05, 4.69) is 45.5 Å². The Morgan fingerprint density at radius 2 is 2.28 bits per heavy atom. The Kier molecular flexibility index (Phi) is 2.36. The number of rotatable bonds is 1. The Morgan fingerprint density at radius 3 is 3.00 bits per heavy atom. The van der Waals surface area contributed by atoms with Crippen molar-refractivity contribution in [3.05, 3.63) is 35.4 Å². The lowest BCUT2D eigenvalue weighted by Gasteiger charge is -2.23. The van der Waals surface area contributed by atoms with Gasteiger partial charge in [0, 0.05) is 17.8 Å². The molecule has 6 nitrogen and oxygen atoms in total. The summed E-state index contributed by atoms with van der Waals surface area (Å²) >= 11 is 0. The molecule has 1 aromatic heterocycles. The molecule has 3 heterocycles. The fraction of sp³-hybridized carbons (Fsp3) is 0.333. The lowest BCUT2D eigenvalue weighted by atomic mass is 10.0. The van der Waals surface area contributed by atoms with E-state index in [9.17, 15) is 0 Å². The molecule has 18 heavy (non-hydrogen) atoms. The molecular formula is C12H16N6. The fourth-order valence-corrected chi connectivity index (χ4v) is 2.10. The van der Waals surface area contributed by atoms with Gasteiger partial charge in [-0.15, -0.1) is 0 Å². The Labute approximate surface area is 105 Å². The van der Waals surface area contributed by atoms with Crippen molar-refractivity contribution < 1.29 is 0 Å². The predicted octanol–water partition coefficient (Wildman–Crippen LogP) is 0.582. The number of hydrogen-bond acceptors (Lipinski definition) is 5. The molecule has 0 atom stereocenters. The second kappa shape index (κ2) is 3.90. The largest absolute Gasteiger partial charge is 0.383 e. The highest BCUT2D eigenvalue weighted by atomic mass is 15.5. The third kappa shape index (κ3) is 1.57. The topological polar surface area (TPSA) is 82.3 Å². The number of aromatic amines is 1. The fourth-order valence-electron chi connectivity index (χ4n) is 2.10. The molecule has 2 aliphatic rings. The number of amidine groups is 1. The number of aliphatic imine (C=N–C) groups is 1. The van der Waals surface area contributed by atoms with Gasteiger partial charge in [0.1, 0.15) is 5.84 Å². The molecule has 0 amide bonds. The first-order valence-electron chi connectivity index (χ1n) is 5.97. The van der Waals surface area contributed by atoms with Crippen LogP contribution in [0.4, 0.5) is 0 Å². The van der Waals surface area contributed by atoms with Gasteiger partial charge in [-0.25, -0.2) is 0 Å². The quantitative estimate of drug-likeness (QED) is 0.675. The molecular weight excluding hydrogens is 228 g/mol. The predicted molar refractivity (Wildman–Crippen MR) is 70.3 cm³/mol. The number of hydrogen-bond donors (Lipinski definition) is 3. The zero-order valence-electron chi connectivity index (χ0n) is 10.4. The van der Waals surface area contributed by atoms with E-state index in [1.165, 1.54) is 0 Å². The zero-order valence-corrected chi connectivity index (χ0v) is 10.4. The first kappa shape index (κ1) is 10.9. The summed E-state index contributed by atoms with van der Waals surface area (Å²) in [6, 6.07) is 0.401. The van der Waals surface area contributed by atoms with Crippen molar-refractivity contribution in [3.63, 3.8) is 0 Å². The van der Waals surface area contributed by atoms with Gasteiger partial charge in [0.2, 0.25) is 0 Å². The lowest BCUT2D eigenvalue weighted by Crippen LogP contribution is -2.34. The minimum Gasteiger partial charge on any atom is -0.383 e. The molecule has 94 valence electrons. The van der Waals surface area contributed by atoms with E-state index in [1.807, 2.05) is 6.20 Å². The molecule has 0 aliphatic carbocycles. The van der Waals surface area contributed by atoms with Crippen LogP contribution in [0.3, 0.4) is 0 Å². The monoisotopic (exact) mass is 244 g/mol. The van der Waals surface area contributed by atoms with E-state index in [1.54, 1.807) is 6.20 Å². The van der Waals surface area contributed by atoms with E-state index in [4.69, 9.17) is 5.73 Å². The number of nitrogens with two attached hydrogens (primary N) is 1. The summed E-state index contributed by atoms with van der Waals surface area (Å²) in [6.45, 7) is 4.83. The molecule has 3 rings (SSSR count). The minimum atomic E-state index is 0.401. The maximum Gasteiger partial charge on any atom is 0.129 e. The molecule has 0 fully saturated rings. The summed E-state index contributed by atoms with van der Waals surface area (Å²) in [4.78, 5) is 4.32. The smallest absolute Gasteiger partial charge is 0.129 e. The van der Waals surface area contributed by atoms with Crippen LogP contribution in [-0.4, -0.2) is 33.6 Å². The molecule has 0 radical (unpaired) electrons. The van der Waals surface area contributed by atoms with E-state index < -0.39 is 0 Å². The maximum atomic E-state index is 5.85. The Bertz CT molecular complexity index is 563. The SMILES string of the molecule is CC(C)N1C=CC(=C2CN=C(N)c3cn[nH]c32)N1. The van der Waals surface area contributed by atoms with Crippen molar-refractivity contribution in [1.29, 1.82) is 0 Å². The third-order valence-corrected chi connectivity index (χ3v) is 3.16. The van der Waals surface area contributed by atoms with Crippen molar-refractivity contribution in [3.8, 4) is 0 Å². The first-order chi connectivity index (χ1) is 8.66. The molecule has 4 N–H and O–H groups in total. The van der Waals surface area contributed by atoms with E-state index in [0.717, 1.165) is 22.5 Å². The zero-order chi connectivity index (χ0) is 12.7. The van der Waals surface area contributed by atoms with Gasteiger partial charge in [0.05, 0.1) is 29.7 Å². The number of fused-ring (bicyclic) bond motifs is 1. The molecule has 0 unspecified atom stereocenters. The van der Waals surface area contributed by atoms with Crippen molar-refractivity contribution >= 4 is 11.4 Å². The number of allylic oxidation sites excluding steroid dienone is 1. The van der Waals surface area contributed by atoms with Crippen LogP contribution < -0.4 is 11.2 Å². The lowest BCUT2D eigenvalue weighted by molar-refractivity contribution is 0.265. The summed E-state index contributed by atoms with van der Waals surface area (Å²) in [5.74, 6) is 0.547. The molecule has 0 saturated carbocycles. The average molecular weight is 244 g/mol. The van der Waals surface area contributed by atoms with Crippen LogP contribution in [-0.2, 0) is 0 Å². The Balaban J connectivity index is 1.99.